The van der Waals surface area contributed by atoms with E-state index in [1.165, 1.54) is 6.07 Å². The number of alkyl halides is 1. The molecular weight excluding hydrogens is 493 g/mol. The van der Waals surface area contributed by atoms with Gasteiger partial charge in [0.15, 0.2) is 0 Å². The molecule has 3 atom stereocenters. The molecule has 37 heavy (non-hydrogen) atoms. The number of phenolic OH excluding ortho intramolecular Hbond substituents is 2. The first-order valence-electron chi connectivity index (χ1n) is 12.6. The Morgan fingerprint density at radius 2 is 1.78 bits per heavy atom. The molecule has 0 aromatic heterocycles. The molecule has 5 rings (SSSR count). The fourth-order valence-corrected chi connectivity index (χ4v) is 5.47. The number of rotatable bonds is 7. The number of nitrogens with zero attached hydrogens (tertiary/aromatic N) is 1. The molecule has 3 aromatic carbocycles. The predicted molar refractivity (Wildman–Crippen MR) is 144 cm³/mol. The summed E-state index contributed by atoms with van der Waals surface area (Å²) in [6.07, 6.45) is 0.453. The fourth-order valence-electron chi connectivity index (χ4n) is 5.19. The van der Waals surface area contributed by atoms with Gasteiger partial charge in [0.2, 0.25) is 0 Å². The summed E-state index contributed by atoms with van der Waals surface area (Å²) in [5.74, 6) is 1.80. The van der Waals surface area contributed by atoms with Gasteiger partial charge in [-0.1, -0.05) is 23.7 Å². The van der Waals surface area contributed by atoms with Crippen LogP contribution in [0.15, 0.2) is 60.7 Å². The first-order valence-corrected chi connectivity index (χ1v) is 12.9. The summed E-state index contributed by atoms with van der Waals surface area (Å²) in [6, 6.07) is 18.0. The summed E-state index contributed by atoms with van der Waals surface area (Å²) in [7, 11) is 0. The number of aromatic hydroxyl groups is 2. The third kappa shape index (κ3) is 5.27. The highest BCUT2D eigenvalue weighted by Gasteiger charge is 2.31. The molecule has 0 radical (unpaired) electrons. The van der Waals surface area contributed by atoms with Crippen molar-refractivity contribution in [3.8, 4) is 23.0 Å². The number of likely N-dealkylation sites (tertiary alicyclic amines) is 1. The Hall–Kier alpha value is -3.22. The van der Waals surface area contributed by atoms with Crippen molar-refractivity contribution in [2.24, 2.45) is 5.92 Å². The summed E-state index contributed by atoms with van der Waals surface area (Å²) in [5, 5.41) is 20.4. The molecule has 5 nitrogen and oxygen atoms in total. The second kappa shape index (κ2) is 10.6. The molecule has 3 aromatic rings. The first kappa shape index (κ1) is 25.4. The number of halogens is 2. The Morgan fingerprint density at radius 1 is 1.05 bits per heavy atom. The van der Waals surface area contributed by atoms with Crippen LogP contribution in [0.4, 0.5) is 4.39 Å². The molecule has 194 valence electrons. The molecule has 7 heteroatoms. The SMILES string of the molecule is CC1=C(c2ccc(O)cc2Cl)C(c2ccc(OCC(C)N3CCC(CF)C3)cc2)Oc2ccc(O)cc21. The molecule has 2 aliphatic heterocycles. The number of phenols is 2. The van der Waals surface area contributed by atoms with Crippen LogP contribution in [0.1, 0.15) is 43.1 Å². The molecule has 0 bridgehead atoms. The monoisotopic (exact) mass is 523 g/mol. The van der Waals surface area contributed by atoms with Gasteiger partial charge in [-0.3, -0.25) is 9.29 Å². The molecule has 0 aliphatic carbocycles. The molecule has 0 spiro atoms. The van der Waals surface area contributed by atoms with E-state index in [0.717, 1.165) is 53.1 Å². The van der Waals surface area contributed by atoms with E-state index in [2.05, 4.69) is 11.8 Å². The van der Waals surface area contributed by atoms with Gasteiger partial charge in [0.1, 0.15) is 35.7 Å². The van der Waals surface area contributed by atoms with Crippen LogP contribution in [0.25, 0.3) is 11.1 Å². The Morgan fingerprint density at radius 3 is 2.49 bits per heavy atom. The maximum Gasteiger partial charge on any atom is 0.150 e. The zero-order valence-electron chi connectivity index (χ0n) is 21.0. The summed E-state index contributed by atoms with van der Waals surface area (Å²) in [6.45, 7) is 6.06. The fraction of sp³-hybridized carbons (Fsp3) is 0.333. The van der Waals surface area contributed by atoms with Crippen LogP contribution in [0, 0.1) is 5.92 Å². The van der Waals surface area contributed by atoms with E-state index in [1.54, 1.807) is 30.3 Å². The van der Waals surface area contributed by atoms with E-state index in [1.807, 2.05) is 31.2 Å². The average Bonchev–Trinajstić information content (AvgIpc) is 3.38. The largest absolute Gasteiger partial charge is 0.508 e. The zero-order valence-corrected chi connectivity index (χ0v) is 21.7. The number of hydrogen-bond donors (Lipinski definition) is 2. The molecule has 2 heterocycles. The minimum atomic E-state index is -0.450. The number of hydrogen-bond acceptors (Lipinski definition) is 5. The van der Waals surface area contributed by atoms with Crippen molar-refractivity contribution in [2.45, 2.75) is 32.4 Å². The first-order chi connectivity index (χ1) is 17.8. The minimum Gasteiger partial charge on any atom is -0.508 e. The highest BCUT2D eigenvalue weighted by atomic mass is 35.5. The van der Waals surface area contributed by atoms with Crippen LogP contribution in [0.5, 0.6) is 23.0 Å². The van der Waals surface area contributed by atoms with Gasteiger partial charge >= 0.3 is 0 Å². The average molecular weight is 524 g/mol. The topological polar surface area (TPSA) is 62.2 Å². The second-order valence-corrected chi connectivity index (χ2v) is 10.3. The third-order valence-electron chi connectivity index (χ3n) is 7.35. The summed E-state index contributed by atoms with van der Waals surface area (Å²) >= 11 is 6.56. The predicted octanol–water partition coefficient (Wildman–Crippen LogP) is 6.87. The second-order valence-electron chi connectivity index (χ2n) is 9.91. The van der Waals surface area contributed by atoms with Crippen molar-refractivity contribution in [1.82, 2.24) is 4.90 Å². The Balaban J connectivity index is 1.40. The van der Waals surface area contributed by atoms with Gasteiger partial charge in [-0.2, -0.15) is 0 Å². The Kier molecular flexibility index (Phi) is 7.31. The van der Waals surface area contributed by atoms with Crippen molar-refractivity contribution in [3.63, 3.8) is 0 Å². The summed E-state index contributed by atoms with van der Waals surface area (Å²) < 4.78 is 25.5. The van der Waals surface area contributed by atoms with Crippen LogP contribution >= 0.6 is 11.6 Å². The van der Waals surface area contributed by atoms with Gasteiger partial charge in [-0.25, -0.2) is 0 Å². The molecule has 2 N–H and O–H groups in total. The molecule has 2 aliphatic rings. The highest BCUT2D eigenvalue weighted by molar-refractivity contribution is 6.33. The molecule has 3 unspecified atom stereocenters. The van der Waals surface area contributed by atoms with Crippen molar-refractivity contribution >= 4 is 22.7 Å². The van der Waals surface area contributed by atoms with E-state index in [9.17, 15) is 14.6 Å². The smallest absolute Gasteiger partial charge is 0.150 e. The maximum absolute atomic E-state index is 13.0. The van der Waals surface area contributed by atoms with E-state index in [4.69, 9.17) is 21.1 Å². The van der Waals surface area contributed by atoms with Crippen molar-refractivity contribution in [1.29, 1.82) is 0 Å². The Bertz CT molecular complexity index is 1310. The van der Waals surface area contributed by atoms with Crippen LogP contribution in [0.3, 0.4) is 0 Å². The Labute approximate surface area is 221 Å². The number of benzene rings is 3. The minimum absolute atomic E-state index is 0.0863. The summed E-state index contributed by atoms with van der Waals surface area (Å²) in [4.78, 5) is 2.28. The lowest BCUT2D eigenvalue weighted by atomic mass is 9.86. The zero-order chi connectivity index (χ0) is 26.1. The lowest BCUT2D eigenvalue weighted by Gasteiger charge is -2.31. The highest BCUT2D eigenvalue weighted by Crippen LogP contribution is 2.49. The van der Waals surface area contributed by atoms with E-state index < -0.39 is 6.10 Å². The van der Waals surface area contributed by atoms with Crippen LogP contribution in [-0.4, -0.2) is 47.5 Å². The number of fused-ring (bicyclic) bond motifs is 1. The molecule has 0 saturated carbocycles. The van der Waals surface area contributed by atoms with Crippen LogP contribution in [0.2, 0.25) is 5.02 Å². The van der Waals surface area contributed by atoms with Crippen molar-refractivity contribution in [2.75, 3.05) is 26.4 Å². The normalized spacial score (nSPS) is 20.4. The van der Waals surface area contributed by atoms with Gasteiger partial charge in [0, 0.05) is 35.2 Å². The van der Waals surface area contributed by atoms with Crippen molar-refractivity contribution in [3.05, 3.63) is 82.4 Å². The third-order valence-corrected chi connectivity index (χ3v) is 7.67. The molecular formula is C30H31ClFNO4. The summed E-state index contributed by atoms with van der Waals surface area (Å²) in [5.41, 5.74) is 4.26. The molecule has 1 fully saturated rings. The maximum atomic E-state index is 13.0. The van der Waals surface area contributed by atoms with Crippen LogP contribution < -0.4 is 9.47 Å². The van der Waals surface area contributed by atoms with Gasteiger partial charge in [0.05, 0.1) is 11.7 Å². The van der Waals surface area contributed by atoms with E-state index in [-0.39, 0.29) is 30.1 Å². The van der Waals surface area contributed by atoms with Gasteiger partial charge < -0.3 is 19.7 Å². The van der Waals surface area contributed by atoms with E-state index in [0.29, 0.717) is 17.4 Å². The lowest BCUT2D eigenvalue weighted by Crippen LogP contribution is -2.35. The van der Waals surface area contributed by atoms with Gasteiger partial charge in [-0.05, 0) is 86.5 Å². The lowest BCUT2D eigenvalue weighted by molar-refractivity contribution is 0.165. The van der Waals surface area contributed by atoms with Crippen molar-refractivity contribution < 1.29 is 24.1 Å². The van der Waals surface area contributed by atoms with Gasteiger partial charge in [-0.15, -0.1) is 0 Å². The van der Waals surface area contributed by atoms with E-state index >= 15 is 0 Å². The molecule has 1 saturated heterocycles. The number of ether oxygens (including phenoxy) is 2. The molecule has 0 amide bonds. The number of allylic oxidation sites excluding steroid dienone is 1. The quantitative estimate of drug-likeness (QED) is 0.353. The van der Waals surface area contributed by atoms with Crippen LogP contribution in [-0.2, 0) is 0 Å². The standard InChI is InChI=1S/C30H31ClFNO4/c1-18(33-12-11-20(15-32)16-33)17-36-24-7-3-21(4-8-24)30-29(25-9-5-23(35)14-27(25)31)19(2)26-13-22(34)6-10-28(26)37-30/h3-10,13-14,18,20,30,34-35H,11-12,15-17H2,1-2H3. The van der Waals surface area contributed by atoms with Gasteiger partial charge in [0.25, 0.3) is 0 Å².